The molecule has 1 aromatic rings. The Bertz CT molecular complexity index is 595. The summed E-state index contributed by atoms with van der Waals surface area (Å²) >= 11 is 0. The van der Waals surface area contributed by atoms with E-state index in [0.717, 1.165) is 44.9 Å². The summed E-state index contributed by atoms with van der Waals surface area (Å²) in [5.41, 5.74) is -0.951. The van der Waals surface area contributed by atoms with Gasteiger partial charge < -0.3 is 25.3 Å². The molecule has 0 saturated heterocycles. The largest absolute Gasteiger partial charge is 0.444 e. The van der Waals surface area contributed by atoms with Crippen LogP contribution in [0, 0.1) is 0 Å². The fourth-order valence-electron chi connectivity index (χ4n) is 2.67. The highest BCUT2D eigenvalue weighted by Crippen LogP contribution is 2.17. The van der Waals surface area contributed by atoms with E-state index < -0.39 is 17.2 Å². The van der Waals surface area contributed by atoms with E-state index in [1.807, 2.05) is 40.2 Å². The molecule has 0 radical (unpaired) electrons. The lowest BCUT2D eigenvalue weighted by molar-refractivity contribution is 0.0452. The summed E-state index contributed by atoms with van der Waals surface area (Å²) in [6.07, 6.45) is 7.66. The topological polar surface area (TPSA) is 92.6 Å². The summed E-state index contributed by atoms with van der Waals surface area (Å²) in [4.78, 5) is 21.0. The predicted molar refractivity (Wildman–Crippen MR) is 129 cm³/mol. The van der Waals surface area contributed by atoms with Gasteiger partial charge in [-0.2, -0.15) is 0 Å². The molecule has 1 amide bonds. The molecule has 0 aliphatic heterocycles. The minimum Gasteiger partial charge on any atom is -0.444 e. The van der Waals surface area contributed by atoms with E-state index in [0.29, 0.717) is 6.54 Å². The average molecular weight is 522 g/mol. The van der Waals surface area contributed by atoms with Gasteiger partial charge in [-0.1, -0.05) is 13.8 Å². The van der Waals surface area contributed by atoms with Gasteiger partial charge in [0.25, 0.3) is 0 Å². The zero-order valence-corrected chi connectivity index (χ0v) is 21.1. The standard InChI is InChI=1S/C20H38N6O2.HI/c1-7-20(8-2,25-18(27)28-19(4,5)6)15-24-17(22-9-3)23-11-10-13-26-14-12-21-16-26;/h12,14,16H,7-11,13,15H2,1-6H3,(H,25,27)(H2,22,23,24);1H. The summed E-state index contributed by atoms with van der Waals surface area (Å²) in [6.45, 7) is 14.7. The molecular weight excluding hydrogens is 483 g/mol. The first-order valence-electron chi connectivity index (χ1n) is 10.2. The SMILES string of the molecule is CCNC(=NCC(CC)(CC)NC(=O)OC(C)(C)C)NCCCn1ccnc1.I. The first-order chi connectivity index (χ1) is 13.2. The number of alkyl carbamates (subject to hydrolysis) is 1. The lowest BCUT2D eigenvalue weighted by atomic mass is 9.93. The van der Waals surface area contributed by atoms with Gasteiger partial charge in [0.15, 0.2) is 5.96 Å². The van der Waals surface area contributed by atoms with Crippen LogP contribution in [0.4, 0.5) is 4.79 Å². The number of hydrogen-bond donors (Lipinski definition) is 3. The predicted octanol–water partition coefficient (Wildman–Crippen LogP) is 3.53. The Morgan fingerprint density at radius 3 is 2.38 bits per heavy atom. The van der Waals surface area contributed by atoms with Crippen LogP contribution in [0.15, 0.2) is 23.7 Å². The average Bonchev–Trinajstić information content (AvgIpc) is 3.14. The highest BCUT2D eigenvalue weighted by Gasteiger charge is 2.30. The second kappa shape index (κ2) is 13.7. The number of imidazole rings is 1. The van der Waals surface area contributed by atoms with Crippen LogP contribution in [0.2, 0.25) is 0 Å². The third-order valence-corrected chi connectivity index (χ3v) is 4.45. The zero-order valence-electron chi connectivity index (χ0n) is 18.7. The Hall–Kier alpha value is -1.52. The van der Waals surface area contributed by atoms with Gasteiger partial charge in [-0.25, -0.2) is 9.78 Å². The van der Waals surface area contributed by atoms with Crippen molar-refractivity contribution in [3.8, 4) is 0 Å². The number of aromatic nitrogens is 2. The Labute approximate surface area is 192 Å². The van der Waals surface area contributed by atoms with Crippen LogP contribution < -0.4 is 16.0 Å². The number of ether oxygens (including phenoxy) is 1. The molecular formula is C20H39IN6O2. The molecule has 0 bridgehead atoms. The van der Waals surface area contributed by atoms with Crippen molar-refractivity contribution >= 4 is 36.0 Å². The molecule has 0 fully saturated rings. The van der Waals surface area contributed by atoms with Crippen LogP contribution in [0.5, 0.6) is 0 Å². The molecule has 1 heterocycles. The molecule has 0 aromatic carbocycles. The van der Waals surface area contributed by atoms with Crippen molar-refractivity contribution in [1.29, 1.82) is 0 Å². The first-order valence-corrected chi connectivity index (χ1v) is 10.2. The molecule has 0 aliphatic carbocycles. The number of rotatable bonds is 10. The molecule has 29 heavy (non-hydrogen) atoms. The number of carbonyl (C=O) groups is 1. The van der Waals surface area contributed by atoms with Gasteiger partial charge in [0.05, 0.1) is 18.4 Å². The van der Waals surface area contributed by atoms with Crippen molar-refractivity contribution in [3.05, 3.63) is 18.7 Å². The molecule has 3 N–H and O–H groups in total. The molecule has 0 saturated carbocycles. The van der Waals surface area contributed by atoms with Gasteiger partial charge in [0.2, 0.25) is 0 Å². The van der Waals surface area contributed by atoms with Gasteiger partial charge in [0.1, 0.15) is 5.60 Å². The fraction of sp³-hybridized carbons (Fsp3) is 0.750. The number of carbonyl (C=O) groups excluding carboxylic acids is 1. The van der Waals surface area contributed by atoms with Gasteiger partial charge >= 0.3 is 6.09 Å². The number of nitrogens with zero attached hydrogens (tertiary/aromatic N) is 3. The van der Waals surface area contributed by atoms with Crippen LogP contribution in [0.1, 0.15) is 60.8 Å². The van der Waals surface area contributed by atoms with E-state index in [-0.39, 0.29) is 24.0 Å². The number of nitrogens with one attached hydrogen (secondary N) is 3. The molecule has 0 unspecified atom stereocenters. The van der Waals surface area contributed by atoms with E-state index in [2.05, 4.69) is 39.3 Å². The van der Waals surface area contributed by atoms with Crippen LogP contribution in [-0.2, 0) is 11.3 Å². The van der Waals surface area contributed by atoms with Crippen LogP contribution in [0.25, 0.3) is 0 Å². The monoisotopic (exact) mass is 522 g/mol. The molecule has 9 heteroatoms. The van der Waals surface area contributed by atoms with Gasteiger partial charge in [0, 0.05) is 32.0 Å². The van der Waals surface area contributed by atoms with Gasteiger partial charge in [-0.15, -0.1) is 24.0 Å². The summed E-state index contributed by atoms with van der Waals surface area (Å²) in [5, 5.41) is 9.66. The van der Waals surface area contributed by atoms with Crippen LogP contribution in [-0.4, -0.2) is 52.4 Å². The Kier molecular flexibility index (Phi) is 12.9. The molecule has 8 nitrogen and oxygen atoms in total. The first kappa shape index (κ1) is 27.5. The fourth-order valence-corrected chi connectivity index (χ4v) is 2.67. The Morgan fingerprint density at radius 1 is 1.17 bits per heavy atom. The number of guanidine groups is 1. The van der Waals surface area contributed by atoms with Crippen molar-refractivity contribution in [2.45, 2.75) is 78.5 Å². The minimum atomic E-state index is -0.522. The molecule has 1 aromatic heterocycles. The van der Waals surface area contributed by atoms with E-state index >= 15 is 0 Å². The number of aliphatic imine (C=N–C) groups is 1. The molecule has 1 rings (SSSR count). The third kappa shape index (κ3) is 11.3. The maximum atomic E-state index is 12.3. The van der Waals surface area contributed by atoms with E-state index in [9.17, 15) is 4.79 Å². The second-order valence-electron chi connectivity index (χ2n) is 7.89. The molecule has 0 aliphatic rings. The summed E-state index contributed by atoms with van der Waals surface area (Å²) in [7, 11) is 0. The van der Waals surface area contributed by atoms with Crippen molar-refractivity contribution in [3.63, 3.8) is 0 Å². The minimum absolute atomic E-state index is 0. The van der Waals surface area contributed by atoms with Crippen molar-refractivity contribution in [2.24, 2.45) is 4.99 Å². The smallest absolute Gasteiger partial charge is 0.408 e. The number of amides is 1. The molecule has 0 atom stereocenters. The second-order valence-corrected chi connectivity index (χ2v) is 7.89. The van der Waals surface area contributed by atoms with Crippen molar-refractivity contribution in [1.82, 2.24) is 25.5 Å². The highest BCUT2D eigenvalue weighted by atomic mass is 127. The van der Waals surface area contributed by atoms with E-state index in [1.54, 1.807) is 6.20 Å². The van der Waals surface area contributed by atoms with Crippen LogP contribution in [0.3, 0.4) is 0 Å². The maximum Gasteiger partial charge on any atom is 0.408 e. The number of aryl methyl sites for hydroxylation is 1. The van der Waals surface area contributed by atoms with Gasteiger partial charge in [-0.05, 0) is 47.0 Å². The Balaban J connectivity index is 0.00000784. The Morgan fingerprint density at radius 2 is 1.86 bits per heavy atom. The van der Waals surface area contributed by atoms with Crippen LogP contribution >= 0.6 is 24.0 Å². The van der Waals surface area contributed by atoms with Crippen molar-refractivity contribution < 1.29 is 9.53 Å². The highest BCUT2D eigenvalue weighted by molar-refractivity contribution is 14.0. The third-order valence-electron chi connectivity index (χ3n) is 4.45. The van der Waals surface area contributed by atoms with Gasteiger partial charge in [-0.3, -0.25) is 4.99 Å². The summed E-state index contributed by atoms with van der Waals surface area (Å²) in [5.74, 6) is 0.755. The maximum absolute atomic E-state index is 12.3. The molecule has 168 valence electrons. The molecule has 0 spiro atoms. The number of hydrogen-bond acceptors (Lipinski definition) is 4. The lowest BCUT2D eigenvalue weighted by Crippen LogP contribution is -2.52. The summed E-state index contributed by atoms with van der Waals surface area (Å²) < 4.78 is 7.48. The summed E-state index contributed by atoms with van der Waals surface area (Å²) in [6, 6.07) is 0. The van der Waals surface area contributed by atoms with E-state index in [4.69, 9.17) is 9.73 Å². The zero-order chi connectivity index (χ0) is 21.0. The van der Waals surface area contributed by atoms with E-state index in [1.165, 1.54) is 0 Å². The number of halogens is 1. The van der Waals surface area contributed by atoms with Crippen molar-refractivity contribution in [2.75, 3.05) is 19.6 Å². The normalized spacial score (nSPS) is 12.1. The lowest BCUT2D eigenvalue weighted by Gasteiger charge is -2.32. The quantitative estimate of drug-likeness (QED) is 0.189.